The predicted molar refractivity (Wildman–Crippen MR) is 91.4 cm³/mol. The number of rotatable bonds is 4. The van der Waals surface area contributed by atoms with Crippen LogP contribution >= 0.6 is 0 Å². The summed E-state index contributed by atoms with van der Waals surface area (Å²) < 4.78 is 18.5. The molecule has 0 bridgehead atoms. The molecule has 1 aliphatic rings. The Labute approximate surface area is 145 Å². The summed E-state index contributed by atoms with van der Waals surface area (Å²) in [5, 5.41) is 5.25. The van der Waals surface area contributed by atoms with Crippen molar-refractivity contribution in [3.05, 3.63) is 65.0 Å². The van der Waals surface area contributed by atoms with Gasteiger partial charge in [0.1, 0.15) is 5.82 Å². The van der Waals surface area contributed by atoms with E-state index in [-0.39, 0.29) is 11.9 Å². The molecule has 0 aromatic heterocycles. The molecule has 3 rings (SSSR count). The average molecular weight is 342 g/mol. The molecule has 0 aliphatic heterocycles. The zero-order valence-corrected chi connectivity index (χ0v) is 13.8. The van der Waals surface area contributed by atoms with Crippen molar-refractivity contribution in [3.8, 4) is 0 Å². The summed E-state index contributed by atoms with van der Waals surface area (Å²) in [6, 6.07) is 11.3. The lowest BCUT2D eigenvalue weighted by Gasteiger charge is -2.14. The summed E-state index contributed by atoms with van der Waals surface area (Å²) in [4.78, 5) is 24.3. The average Bonchev–Trinajstić information content (AvgIpc) is 2.97. The first kappa shape index (κ1) is 17.1. The summed E-state index contributed by atoms with van der Waals surface area (Å²) in [6.45, 7) is 0.417. The van der Waals surface area contributed by atoms with Gasteiger partial charge in [-0.15, -0.1) is 0 Å². The topological polar surface area (TPSA) is 67.4 Å². The van der Waals surface area contributed by atoms with Gasteiger partial charge in [0.15, 0.2) is 0 Å². The van der Waals surface area contributed by atoms with Crippen molar-refractivity contribution in [3.63, 3.8) is 0 Å². The smallest absolute Gasteiger partial charge is 0.313 e. The van der Waals surface area contributed by atoms with Crippen molar-refractivity contribution in [2.75, 3.05) is 12.4 Å². The van der Waals surface area contributed by atoms with E-state index in [0.29, 0.717) is 18.7 Å². The molecular formula is C19H19FN2O3. The number of carbonyl (C=O) groups is 2. The number of anilines is 1. The molecule has 0 heterocycles. The zero-order valence-electron chi connectivity index (χ0n) is 13.8. The van der Waals surface area contributed by atoms with E-state index in [1.54, 1.807) is 31.4 Å². The van der Waals surface area contributed by atoms with Gasteiger partial charge in [-0.1, -0.05) is 18.2 Å². The van der Waals surface area contributed by atoms with Crippen LogP contribution in [0.3, 0.4) is 0 Å². The van der Waals surface area contributed by atoms with Crippen molar-refractivity contribution in [2.24, 2.45) is 0 Å². The van der Waals surface area contributed by atoms with Crippen LogP contribution in [0.2, 0.25) is 0 Å². The first-order chi connectivity index (χ1) is 12.1. The Hall–Kier alpha value is -2.73. The summed E-state index contributed by atoms with van der Waals surface area (Å²) in [6.07, 6.45) is 1.41. The molecule has 1 atom stereocenters. The predicted octanol–water partition coefficient (Wildman–Crippen LogP) is 2.71. The highest BCUT2D eigenvalue weighted by Gasteiger charge is 2.26. The van der Waals surface area contributed by atoms with Crippen molar-refractivity contribution in [1.82, 2.24) is 5.32 Å². The molecule has 0 saturated carbocycles. The standard InChI is InChI=1S/C19H19FN2O3/c1-25-11-12-3-2-4-15(9-12)21-18(23)19(24)22-17-8-6-13-5-7-14(20)10-16(13)17/h2-5,7,9-10,17H,6,8,11H2,1H3,(H,21,23)(H,22,24)/t17-/m1/s1. The van der Waals surface area contributed by atoms with E-state index in [0.717, 1.165) is 23.1 Å². The minimum Gasteiger partial charge on any atom is -0.380 e. The van der Waals surface area contributed by atoms with Gasteiger partial charge >= 0.3 is 11.8 Å². The van der Waals surface area contributed by atoms with Gasteiger partial charge < -0.3 is 15.4 Å². The van der Waals surface area contributed by atoms with Crippen LogP contribution in [-0.4, -0.2) is 18.9 Å². The fourth-order valence-corrected chi connectivity index (χ4v) is 3.04. The maximum atomic E-state index is 13.4. The van der Waals surface area contributed by atoms with E-state index in [9.17, 15) is 14.0 Å². The van der Waals surface area contributed by atoms with Gasteiger partial charge in [0.25, 0.3) is 0 Å². The highest BCUT2D eigenvalue weighted by atomic mass is 19.1. The monoisotopic (exact) mass is 342 g/mol. The normalized spacial score (nSPS) is 15.5. The molecule has 0 spiro atoms. The van der Waals surface area contributed by atoms with Crippen LogP contribution in [0.1, 0.15) is 29.2 Å². The third-order valence-corrected chi connectivity index (χ3v) is 4.19. The number of benzene rings is 2. The summed E-state index contributed by atoms with van der Waals surface area (Å²) in [7, 11) is 1.58. The number of halogens is 1. The minimum absolute atomic E-state index is 0.344. The SMILES string of the molecule is COCc1cccc(NC(=O)C(=O)N[C@@H]2CCc3ccc(F)cc32)c1. The lowest BCUT2D eigenvalue weighted by molar-refractivity contribution is -0.136. The van der Waals surface area contributed by atoms with Crippen LogP contribution in [0.25, 0.3) is 0 Å². The van der Waals surface area contributed by atoms with Gasteiger partial charge in [-0.05, 0) is 53.8 Å². The fourth-order valence-electron chi connectivity index (χ4n) is 3.04. The third-order valence-electron chi connectivity index (χ3n) is 4.19. The van der Waals surface area contributed by atoms with E-state index in [1.165, 1.54) is 12.1 Å². The number of ether oxygens (including phenoxy) is 1. The highest BCUT2D eigenvalue weighted by Crippen LogP contribution is 2.31. The molecule has 130 valence electrons. The number of hydrogen-bond acceptors (Lipinski definition) is 3. The van der Waals surface area contributed by atoms with Gasteiger partial charge in [0.2, 0.25) is 0 Å². The molecule has 0 radical (unpaired) electrons. The Balaban J connectivity index is 1.63. The maximum absolute atomic E-state index is 13.4. The number of nitrogens with one attached hydrogen (secondary N) is 2. The molecule has 5 nitrogen and oxygen atoms in total. The fraction of sp³-hybridized carbons (Fsp3) is 0.263. The van der Waals surface area contributed by atoms with Crippen LogP contribution < -0.4 is 10.6 Å². The largest absolute Gasteiger partial charge is 0.380 e. The highest BCUT2D eigenvalue weighted by molar-refractivity contribution is 6.39. The molecule has 2 amide bonds. The van der Waals surface area contributed by atoms with Crippen LogP contribution in [-0.2, 0) is 27.4 Å². The van der Waals surface area contributed by atoms with Crippen molar-refractivity contribution in [2.45, 2.75) is 25.5 Å². The Morgan fingerprint density at radius 1 is 1.20 bits per heavy atom. The number of carbonyl (C=O) groups excluding carboxylic acids is 2. The Bertz CT molecular complexity index is 807. The van der Waals surface area contributed by atoms with Crippen molar-refractivity contribution >= 4 is 17.5 Å². The molecule has 1 aliphatic carbocycles. The summed E-state index contributed by atoms with van der Waals surface area (Å²) >= 11 is 0. The quantitative estimate of drug-likeness (QED) is 0.840. The van der Waals surface area contributed by atoms with E-state index in [2.05, 4.69) is 10.6 Å². The molecule has 0 saturated heterocycles. The Morgan fingerprint density at radius 3 is 2.84 bits per heavy atom. The molecular weight excluding hydrogens is 323 g/mol. The molecule has 25 heavy (non-hydrogen) atoms. The number of fused-ring (bicyclic) bond motifs is 1. The molecule has 2 aromatic carbocycles. The molecule has 2 N–H and O–H groups in total. The van der Waals surface area contributed by atoms with Gasteiger partial charge in [0.05, 0.1) is 12.6 Å². The molecule has 0 fully saturated rings. The van der Waals surface area contributed by atoms with E-state index < -0.39 is 11.8 Å². The van der Waals surface area contributed by atoms with Crippen molar-refractivity contribution < 1.29 is 18.7 Å². The first-order valence-electron chi connectivity index (χ1n) is 8.05. The van der Waals surface area contributed by atoms with Crippen LogP contribution in [0.5, 0.6) is 0 Å². The zero-order chi connectivity index (χ0) is 17.8. The lowest BCUT2D eigenvalue weighted by atomic mass is 10.1. The van der Waals surface area contributed by atoms with Gasteiger partial charge in [-0.3, -0.25) is 9.59 Å². The number of methoxy groups -OCH3 is 1. The molecule has 0 unspecified atom stereocenters. The van der Waals surface area contributed by atoms with Crippen LogP contribution in [0.4, 0.5) is 10.1 Å². The summed E-state index contributed by atoms with van der Waals surface area (Å²) in [5.74, 6) is -1.84. The minimum atomic E-state index is -0.751. The summed E-state index contributed by atoms with van der Waals surface area (Å²) in [5.41, 5.74) is 3.15. The van der Waals surface area contributed by atoms with Gasteiger partial charge in [0, 0.05) is 12.8 Å². The van der Waals surface area contributed by atoms with Gasteiger partial charge in [-0.2, -0.15) is 0 Å². The van der Waals surface area contributed by atoms with E-state index in [1.807, 2.05) is 6.07 Å². The second-order valence-corrected chi connectivity index (χ2v) is 6.00. The van der Waals surface area contributed by atoms with Crippen molar-refractivity contribution in [1.29, 1.82) is 0 Å². The maximum Gasteiger partial charge on any atom is 0.313 e. The van der Waals surface area contributed by atoms with Crippen LogP contribution in [0.15, 0.2) is 42.5 Å². The lowest BCUT2D eigenvalue weighted by Crippen LogP contribution is -2.37. The number of aryl methyl sites for hydroxylation is 1. The van der Waals surface area contributed by atoms with Gasteiger partial charge in [-0.25, -0.2) is 4.39 Å². The van der Waals surface area contributed by atoms with Crippen LogP contribution in [0, 0.1) is 5.82 Å². The first-order valence-corrected chi connectivity index (χ1v) is 8.05. The molecule has 6 heteroatoms. The third kappa shape index (κ3) is 4.03. The second kappa shape index (κ2) is 7.44. The Kier molecular flexibility index (Phi) is 5.09. The Morgan fingerprint density at radius 2 is 2.04 bits per heavy atom. The molecule has 2 aromatic rings. The number of amides is 2. The number of hydrogen-bond donors (Lipinski definition) is 2. The van der Waals surface area contributed by atoms with E-state index in [4.69, 9.17) is 4.74 Å². The second-order valence-electron chi connectivity index (χ2n) is 6.00. The van der Waals surface area contributed by atoms with E-state index >= 15 is 0 Å².